The van der Waals surface area contributed by atoms with E-state index in [0.717, 1.165) is 11.3 Å². The summed E-state index contributed by atoms with van der Waals surface area (Å²) in [5, 5.41) is 2.32. The molecule has 1 aromatic carbocycles. The van der Waals surface area contributed by atoms with Crippen molar-refractivity contribution in [2.24, 2.45) is 4.99 Å². The van der Waals surface area contributed by atoms with Gasteiger partial charge in [-0.2, -0.15) is 4.99 Å². The third-order valence-corrected chi connectivity index (χ3v) is 2.37. The van der Waals surface area contributed by atoms with Crippen LogP contribution in [0.1, 0.15) is 11.3 Å². The van der Waals surface area contributed by atoms with Crippen molar-refractivity contribution in [3.8, 4) is 11.4 Å². The molecule has 0 radical (unpaired) electrons. The summed E-state index contributed by atoms with van der Waals surface area (Å²) in [7, 11) is 0. The molecule has 0 amide bonds. The molecule has 0 aliphatic rings. The second-order valence-electron chi connectivity index (χ2n) is 3.76. The molecule has 0 bridgehead atoms. The van der Waals surface area contributed by atoms with Gasteiger partial charge in [0.2, 0.25) is 0 Å². The molecule has 0 N–H and O–H groups in total. The average Bonchev–Trinajstić information content (AvgIpc) is 2.28. The fraction of sp³-hybridized carbons (Fsp3) is 0.154. The average molecular weight is 241 g/mol. The van der Waals surface area contributed by atoms with Crippen molar-refractivity contribution < 1.29 is 0 Å². The number of aromatic nitrogens is 2. The lowest BCUT2D eigenvalue weighted by atomic mass is 10.1. The zero-order valence-electron chi connectivity index (χ0n) is 9.64. The van der Waals surface area contributed by atoms with Gasteiger partial charge in [0, 0.05) is 17.3 Å². The zero-order chi connectivity index (χ0) is 12.3. The van der Waals surface area contributed by atoms with Crippen molar-refractivity contribution in [2.45, 2.75) is 13.8 Å². The predicted molar refractivity (Wildman–Crippen MR) is 71.6 cm³/mol. The molecular formula is C13H11N3S. The van der Waals surface area contributed by atoms with Crippen LogP contribution >= 0.6 is 12.2 Å². The summed E-state index contributed by atoms with van der Waals surface area (Å²) >= 11 is 4.58. The number of hydrogen-bond donors (Lipinski definition) is 0. The number of benzene rings is 1. The first-order valence-electron chi connectivity index (χ1n) is 5.19. The van der Waals surface area contributed by atoms with E-state index in [-0.39, 0.29) is 0 Å². The molecule has 0 spiro atoms. The summed E-state index contributed by atoms with van der Waals surface area (Å²) in [5.74, 6) is 1.21. The molecule has 0 fully saturated rings. The Morgan fingerprint density at radius 3 is 2.71 bits per heavy atom. The van der Waals surface area contributed by atoms with Crippen LogP contribution in [0.4, 0.5) is 5.82 Å². The van der Waals surface area contributed by atoms with E-state index in [0.29, 0.717) is 11.6 Å². The van der Waals surface area contributed by atoms with Crippen LogP contribution in [0.15, 0.2) is 35.3 Å². The highest BCUT2D eigenvalue weighted by Gasteiger charge is 2.04. The SMILES string of the molecule is Cc1cccc(-c2nc(C)cc(N=C=S)n2)c1. The van der Waals surface area contributed by atoms with Crippen molar-refractivity contribution in [3.05, 3.63) is 41.6 Å². The first kappa shape index (κ1) is 11.6. The van der Waals surface area contributed by atoms with Gasteiger partial charge < -0.3 is 0 Å². The van der Waals surface area contributed by atoms with Crippen LogP contribution in [0.2, 0.25) is 0 Å². The number of isothiocyanates is 1. The van der Waals surface area contributed by atoms with Gasteiger partial charge in [-0.15, -0.1) is 0 Å². The summed E-state index contributed by atoms with van der Waals surface area (Å²) in [6.07, 6.45) is 0. The van der Waals surface area contributed by atoms with Gasteiger partial charge in [0.1, 0.15) is 0 Å². The lowest BCUT2D eigenvalue weighted by Gasteiger charge is -2.03. The van der Waals surface area contributed by atoms with Crippen molar-refractivity contribution in [1.29, 1.82) is 0 Å². The van der Waals surface area contributed by atoms with Gasteiger partial charge in [-0.05, 0) is 32.1 Å². The van der Waals surface area contributed by atoms with Crippen LogP contribution < -0.4 is 0 Å². The monoisotopic (exact) mass is 241 g/mol. The minimum absolute atomic E-state index is 0.545. The molecule has 0 saturated carbocycles. The second kappa shape index (κ2) is 4.95. The van der Waals surface area contributed by atoms with Crippen molar-refractivity contribution in [1.82, 2.24) is 9.97 Å². The first-order valence-corrected chi connectivity index (χ1v) is 5.60. The predicted octanol–water partition coefficient (Wildman–Crippen LogP) is 3.49. The minimum atomic E-state index is 0.545. The molecule has 0 unspecified atom stereocenters. The summed E-state index contributed by atoms with van der Waals surface area (Å²) in [5.41, 5.74) is 3.02. The maximum atomic E-state index is 4.58. The number of aryl methyl sites for hydroxylation is 2. The molecule has 4 heteroatoms. The number of nitrogens with zero attached hydrogens (tertiary/aromatic N) is 3. The zero-order valence-corrected chi connectivity index (χ0v) is 10.5. The summed E-state index contributed by atoms with van der Waals surface area (Å²) in [6, 6.07) is 9.82. The molecule has 1 aromatic heterocycles. The third-order valence-electron chi connectivity index (χ3n) is 2.28. The summed E-state index contributed by atoms with van der Waals surface area (Å²) < 4.78 is 0. The lowest BCUT2D eigenvalue weighted by Crippen LogP contribution is -1.92. The topological polar surface area (TPSA) is 38.1 Å². The van der Waals surface area contributed by atoms with Crippen LogP contribution in [0, 0.1) is 13.8 Å². The van der Waals surface area contributed by atoms with E-state index in [1.54, 1.807) is 6.07 Å². The van der Waals surface area contributed by atoms with Crippen LogP contribution in [-0.4, -0.2) is 15.1 Å². The number of aliphatic imine (C=N–C) groups is 1. The molecular weight excluding hydrogens is 230 g/mol. The summed E-state index contributed by atoms with van der Waals surface area (Å²) in [4.78, 5) is 12.6. The molecule has 0 aliphatic heterocycles. The number of rotatable bonds is 2. The van der Waals surface area contributed by atoms with Crippen molar-refractivity contribution in [2.75, 3.05) is 0 Å². The Morgan fingerprint density at radius 2 is 2.00 bits per heavy atom. The minimum Gasteiger partial charge on any atom is -0.233 e. The lowest BCUT2D eigenvalue weighted by molar-refractivity contribution is 1.10. The highest BCUT2D eigenvalue weighted by molar-refractivity contribution is 7.78. The Morgan fingerprint density at radius 1 is 1.18 bits per heavy atom. The Bertz CT molecular complexity index is 601. The van der Waals surface area contributed by atoms with Gasteiger partial charge in [-0.3, -0.25) is 0 Å². The Kier molecular flexibility index (Phi) is 3.38. The maximum Gasteiger partial charge on any atom is 0.166 e. The maximum absolute atomic E-state index is 4.58. The van der Waals surface area contributed by atoms with E-state index >= 15 is 0 Å². The van der Waals surface area contributed by atoms with Crippen LogP contribution in [-0.2, 0) is 0 Å². The third kappa shape index (κ3) is 2.81. The van der Waals surface area contributed by atoms with Gasteiger partial charge in [-0.1, -0.05) is 23.8 Å². The molecule has 84 valence electrons. The van der Waals surface area contributed by atoms with E-state index in [2.05, 4.69) is 32.3 Å². The van der Waals surface area contributed by atoms with Gasteiger partial charge in [-0.25, -0.2) is 9.97 Å². The van der Waals surface area contributed by atoms with Gasteiger partial charge in [0.05, 0.1) is 5.16 Å². The van der Waals surface area contributed by atoms with E-state index in [1.165, 1.54) is 5.56 Å². The van der Waals surface area contributed by atoms with Gasteiger partial charge in [0.15, 0.2) is 11.6 Å². The smallest absolute Gasteiger partial charge is 0.166 e. The molecule has 1 heterocycles. The largest absolute Gasteiger partial charge is 0.233 e. The standard InChI is InChI=1S/C13H11N3S/c1-9-4-3-5-11(6-9)13-15-10(2)7-12(16-13)14-8-17/h3-7H,1-2H3. The highest BCUT2D eigenvalue weighted by Crippen LogP contribution is 2.19. The molecule has 3 nitrogen and oxygen atoms in total. The number of hydrogen-bond acceptors (Lipinski definition) is 4. The normalized spacial score (nSPS) is 9.76. The van der Waals surface area contributed by atoms with E-state index in [9.17, 15) is 0 Å². The Labute approximate surface area is 105 Å². The quantitative estimate of drug-likeness (QED) is 0.596. The molecule has 0 atom stereocenters. The molecule has 0 aliphatic carbocycles. The molecule has 2 rings (SSSR count). The van der Waals surface area contributed by atoms with Crippen LogP contribution in [0.25, 0.3) is 11.4 Å². The van der Waals surface area contributed by atoms with Crippen LogP contribution in [0.5, 0.6) is 0 Å². The number of thiocarbonyl (C=S) groups is 1. The van der Waals surface area contributed by atoms with E-state index in [4.69, 9.17) is 0 Å². The summed E-state index contributed by atoms with van der Waals surface area (Å²) in [6.45, 7) is 3.94. The van der Waals surface area contributed by atoms with E-state index < -0.39 is 0 Å². The molecule has 2 aromatic rings. The van der Waals surface area contributed by atoms with Gasteiger partial charge >= 0.3 is 0 Å². The fourth-order valence-electron chi connectivity index (χ4n) is 1.57. The van der Waals surface area contributed by atoms with Crippen molar-refractivity contribution in [3.63, 3.8) is 0 Å². The first-order chi connectivity index (χ1) is 8.19. The van der Waals surface area contributed by atoms with E-state index in [1.807, 2.05) is 38.1 Å². The Hall–Kier alpha value is -1.90. The highest BCUT2D eigenvalue weighted by atomic mass is 32.1. The van der Waals surface area contributed by atoms with Gasteiger partial charge in [0.25, 0.3) is 0 Å². The second-order valence-corrected chi connectivity index (χ2v) is 3.95. The fourth-order valence-corrected chi connectivity index (χ4v) is 1.66. The Balaban J connectivity index is 2.55. The van der Waals surface area contributed by atoms with Crippen LogP contribution in [0.3, 0.4) is 0 Å². The molecule has 17 heavy (non-hydrogen) atoms. The van der Waals surface area contributed by atoms with Crippen molar-refractivity contribution >= 4 is 23.2 Å². The molecule has 0 saturated heterocycles.